The van der Waals surface area contributed by atoms with Crippen molar-refractivity contribution in [2.75, 3.05) is 23.7 Å². The van der Waals surface area contributed by atoms with Crippen molar-refractivity contribution in [3.05, 3.63) is 66.0 Å². The van der Waals surface area contributed by atoms with E-state index in [1.165, 1.54) is 12.1 Å². The monoisotopic (exact) mass is 418 g/mol. The fraction of sp³-hybridized carbons (Fsp3) is 0.333. The Labute approximate surface area is 172 Å². The lowest BCUT2D eigenvalue weighted by molar-refractivity contribution is -0.132. The summed E-state index contributed by atoms with van der Waals surface area (Å²) in [6.45, 7) is 1.07. The second-order valence-electron chi connectivity index (χ2n) is 7.04. The topological polar surface area (TPSA) is 40.6 Å². The van der Waals surface area contributed by atoms with Gasteiger partial charge in [0.2, 0.25) is 11.8 Å². The maximum atomic E-state index is 13.3. The summed E-state index contributed by atoms with van der Waals surface area (Å²) in [5.74, 6) is -0.0131. The van der Waals surface area contributed by atoms with Gasteiger partial charge in [0, 0.05) is 18.8 Å². The average Bonchev–Trinajstić information content (AvgIpc) is 3.04. The number of rotatable bonds is 3. The molecule has 1 atom stereocenters. The fourth-order valence-corrected chi connectivity index (χ4v) is 5.50. The molecular weight excluding hydrogens is 399 g/mol. The number of likely N-dealkylation sites (tertiary alicyclic amines) is 1. The van der Waals surface area contributed by atoms with E-state index in [0.29, 0.717) is 37.4 Å². The number of halogens is 2. The van der Waals surface area contributed by atoms with Crippen LogP contribution >= 0.6 is 23.4 Å². The minimum Gasteiger partial charge on any atom is -0.341 e. The summed E-state index contributed by atoms with van der Waals surface area (Å²) >= 11 is 8.02. The standard InChI is InChI=1S/C21H20ClFN2O2S/c22-19(15-4-2-1-3-5-15)20(27)24-12-10-21(11-13-24)25(18(26)14-28-21)17-8-6-16(23)7-9-17/h1-9,19H,10-14H2/t19-/m0/s1. The van der Waals surface area contributed by atoms with E-state index >= 15 is 0 Å². The predicted octanol–water partition coefficient (Wildman–Crippen LogP) is 4.20. The van der Waals surface area contributed by atoms with E-state index in [2.05, 4.69) is 0 Å². The highest BCUT2D eigenvalue weighted by Crippen LogP contribution is 2.47. The van der Waals surface area contributed by atoms with Gasteiger partial charge in [-0.05, 0) is 42.7 Å². The number of piperidine rings is 1. The van der Waals surface area contributed by atoms with Crippen LogP contribution in [0.5, 0.6) is 0 Å². The lowest BCUT2D eigenvalue weighted by Gasteiger charge is -2.44. The van der Waals surface area contributed by atoms with Gasteiger partial charge in [-0.2, -0.15) is 0 Å². The summed E-state index contributed by atoms with van der Waals surface area (Å²) in [6.07, 6.45) is 1.32. The van der Waals surface area contributed by atoms with Crippen LogP contribution in [0.1, 0.15) is 23.8 Å². The Hall–Kier alpha value is -2.05. The van der Waals surface area contributed by atoms with Crippen molar-refractivity contribution in [2.45, 2.75) is 23.1 Å². The lowest BCUT2D eigenvalue weighted by atomic mass is 10.00. The first kappa shape index (κ1) is 19.3. The summed E-state index contributed by atoms with van der Waals surface area (Å²) in [5, 5.41) is -0.707. The summed E-state index contributed by atoms with van der Waals surface area (Å²) < 4.78 is 13.3. The van der Waals surface area contributed by atoms with Gasteiger partial charge in [0.05, 0.1) is 10.6 Å². The molecule has 2 amide bonds. The van der Waals surface area contributed by atoms with Crippen molar-refractivity contribution < 1.29 is 14.0 Å². The molecule has 146 valence electrons. The number of hydrogen-bond acceptors (Lipinski definition) is 3. The van der Waals surface area contributed by atoms with Crippen molar-refractivity contribution >= 4 is 40.9 Å². The largest absolute Gasteiger partial charge is 0.341 e. The number of amides is 2. The van der Waals surface area contributed by atoms with Gasteiger partial charge < -0.3 is 4.90 Å². The Morgan fingerprint density at radius 1 is 1.07 bits per heavy atom. The van der Waals surface area contributed by atoms with E-state index in [1.54, 1.807) is 33.7 Å². The molecule has 28 heavy (non-hydrogen) atoms. The van der Waals surface area contributed by atoms with E-state index in [1.807, 2.05) is 30.3 Å². The number of hydrogen-bond donors (Lipinski definition) is 0. The van der Waals surface area contributed by atoms with Crippen LogP contribution in [0.15, 0.2) is 54.6 Å². The van der Waals surface area contributed by atoms with Crippen LogP contribution in [0.2, 0.25) is 0 Å². The molecule has 2 aliphatic heterocycles. The van der Waals surface area contributed by atoms with Crippen molar-refractivity contribution in [3.8, 4) is 0 Å². The Kier molecular flexibility index (Phi) is 5.34. The number of carbonyl (C=O) groups excluding carboxylic acids is 2. The molecule has 2 aliphatic rings. The number of anilines is 1. The van der Waals surface area contributed by atoms with E-state index in [0.717, 1.165) is 5.56 Å². The quantitative estimate of drug-likeness (QED) is 0.701. The maximum absolute atomic E-state index is 13.3. The van der Waals surface area contributed by atoms with E-state index in [-0.39, 0.29) is 22.5 Å². The van der Waals surface area contributed by atoms with Gasteiger partial charge in [0.15, 0.2) is 0 Å². The molecule has 0 radical (unpaired) electrons. The number of thioether (sulfide) groups is 1. The van der Waals surface area contributed by atoms with Gasteiger partial charge in [-0.25, -0.2) is 4.39 Å². The lowest BCUT2D eigenvalue weighted by Crippen LogP contribution is -2.53. The van der Waals surface area contributed by atoms with E-state index in [4.69, 9.17) is 11.6 Å². The molecule has 2 aromatic carbocycles. The second-order valence-corrected chi connectivity index (χ2v) is 8.81. The molecule has 2 fully saturated rings. The number of benzene rings is 2. The molecule has 2 saturated heterocycles. The normalized spacial score (nSPS) is 19.9. The van der Waals surface area contributed by atoms with Crippen LogP contribution in [0.4, 0.5) is 10.1 Å². The molecule has 4 nitrogen and oxygen atoms in total. The Morgan fingerprint density at radius 2 is 1.71 bits per heavy atom. The zero-order valence-electron chi connectivity index (χ0n) is 15.2. The molecular formula is C21H20ClFN2O2S. The van der Waals surface area contributed by atoms with Gasteiger partial charge in [-0.1, -0.05) is 30.3 Å². The maximum Gasteiger partial charge on any atom is 0.245 e. The Bertz CT molecular complexity index is 870. The van der Waals surface area contributed by atoms with Crippen molar-refractivity contribution in [3.63, 3.8) is 0 Å². The highest BCUT2D eigenvalue weighted by atomic mass is 35.5. The van der Waals surface area contributed by atoms with Crippen LogP contribution < -0.4 is 4.90 Å². The first-order valence-corrected chi connectivity index (χ1v) is 10.6. The number of alkyl halides is 1. The molecule has 0 aliphatic carbocycles. The molecule has 7 heteroatoms. The first-order valence-electron chi connectivity index (χ1n) is 9.21. The third-order valence-corrected chi connectivity index (χ3v) is 7.33. The smallest absolute Gasteiger partial charge is 0.245 e. The average molecular weight is 419 g/mol. The highest BCUT2D eigenvalue weighted by molar-refractivity contribution is 8.02. The number of carbonyl (C=O) groups is 2. The van der Waals surface area contributed by atoms with Crippen LogP contribution in [-0.4, -0.2) is 40.4 Å². The molecule has 0 saturated carbocycles. The van der Waals surface area contributed by atoms with Crippen LogP contribution in [-0.2, 0) is 9.59 Å². The zero-order valence-corrected chi connectivity index (χ0v) is 16.8. The van der Waals surface area contributed by atoms with E-state index < -0.39 is 5.38 Å². The number of nitrogens with zero attached hydrogens (tertiary/aromatic N) is 2. The zero-order chi connectivity index (χ0) is 19.7. The Morgan fingerprint density at radius 3 is 2.36 bits per heavy atom. The third kappa shape index (κ3) is 3.51. The molecule has 4 rings (SSSR count). The molecule has 0 aromatic heterocycles. The molecule has 1 spiro atoms. The van der Waals surface area contributed by atoms with Crippen LogP contribution in [0.3, 0.4) is 0 Å². The minimum absolute atomic E-state index is 0.0240. The molecule has 2 aromatic rings. The second kappa shape index (κ2) is 7.76. The van der Waals surface area contributed by atoms with Gasteiger partial charge in [0.1, 0.15) is 11.2 Å². The van der Waals surface area contributed by atoms with Crippen molar-refractivity contribution in [1.29, 1.82) is 0 Å². The van der Waals surface area contributed by atoms with Crippen molar-refractivity contribution in [2.24, 2.45) is 0 Å². The van der Waals surface area contributed by atoms with Gasteiger partial charge in [-0.3, -0.25) is 14.5 Å². The summed E-state index contributed by atoms with van der Waals surface area (Å²) in [6, 6.07) is 15.3. The first-order chi connectivity index (χ1) is 13.5. The molecule has 0 bridgehead atoms. The fourth-order valence-electron chi connectivity index (χ4n) is 3.89. The van der Waals surface area contributed by atoms with E-state index in [9.17, 15) is 14.0 Å². The van der Waals surface area contributed by atoms with Gasteiger partial charge in [-0.15, -0.1) is 23.4 Å². The molecule has 2 heterocycles. The minimum atomic E-state index is -0.707. The molecule has 0 N–H and O–H groups in total. The van der Waals surface area contributed by atoms with Gasteiger partial charge in [0.25, 0.3) is 0 Å². The Balaban J connectivity index is 1.48. The summed E-state index contributed by atoms with van der Waals surface area (Å²) in [4.78, 5) is 28.5. The highest BCUT2D eigenvalue weighted by Gasteiger charge is 2.49. The predicted molar refractivity (Wildman–Crippen MR) is 110 cm³/mol. The van der Waals surface area contributed by atoms with Crippen molar-refractivity contribution in [1.82, 2.24) is 4.90 Å². The third-order valence-electron chi connectivity index (χ3n) is 5.37. The van der Waals surface area contributed by atoms with Gasteiger partial charge >= 0.3 is 0 Å². The van der Waals surface area contributed by atoms with Crippen LogP contribution in [0.25, 0.3) is 0 Å². The molecule has 0 unspecified atom stereocenters. The summed E-state index contributed by atoms with van der Waals surface area (Å²) in [7, 11) is 0. The SMILES string of the molecule is O=C([C@@H](Cl)c1ccccc1)N1CCC2(CC1)SCC(=O)N2c1ccc(F)cc1. The van der Waals surface area contributed by atoms with Crippen LogP contribution in [0, 0.1) is 5.82 Å². The summed E-state index contributed by atoms with van der Waals surface area (Å²) in [5.41, 5.74) is 1.49.